The van der Waals surface area contributed by atoms with Crippen LogP contribution in [0.2, 0.25) is 0 Å². The Bertz CT molecular complexity index is 1020. The lowest BCUT2D eigenvalue weighted by molar-refractivity contribution is -0.152. The molecule has 1 unspecified atom stereocenters. The summed E-state index contributed by atoms with van der Waals surface area (Å²) in [5, 5.41) is 10.6. The molecule has 180 valence electrons. The van der Waals surface area contributed by atoms with Gasteiger partial charge in [-0.1, -0.05) is 13.8 Å². The van der Waals surface area contributed by atoms with Crippen molar-refractivity contribution in [3.8, 4) is 0 Å². The number of aliphatic hydroxyl groups is 1. The third-order valence-electron chi connectivity index (χ3n) is 7.11. The molecular weight excluding hydrogens is 438 g/mol. The number of carbonyl (C=O) groups is 2. The number of hydrogen-bond donors (Lipinski definition) is 1. The van der Waals surface area contributed by atoms with Gasteiger partial charge in [0.2, 0.25) is 5.91 Å². The maximum Gasteiger partial charge on any atom is 0.324 e. The summed E-state index contributed by atoms with van der Waals surface area (Å²) in [6, 6.07) is 2.11. The molecule has 1 aliphatic carbocycles. The van der Waals surface area contributed by atoms with E-state index in [1.807, 2.05) is 0 Å². The monoisotopic (exact) mass is 473 g/mol. The molecule has 0 bridgehead atoms. The van der Waals surface area contributed by atoms with Gasteiger partial charge in [-0.2, -0.15) is 0 Å². The van der Waals surface area contributed by atoms with E-state index in [1.165, 1.54) is 17.7 Å². The first-order valence-electron chi connectivity index (χ1n) is 12.1. The lowest BCUT2D eigenvalue weighted by Gasteiger charge is -2.33. The topological polar surface area (TPSA) is 92.6 Å². The Morgan fingerprint density at radius 3 is 2.52 bits per heavy atom. The van der Waals surface area contributed by atoms with E-state index >= 15 is 0 Å². The molecule has 0 radical (unpaired) electrons. The lowest BCUT2D eigenvalue weighted by atomic mass is 9.73. The van der Waals surface area contributed by atoms with Crippen molar-refractivity contribution in [2.45, 2.75) is 84.2 Å². The molecule has 1 saturated carbocycles. The van der Waals surface area contributed by atoms with Crippen molar-refractivity contribution in [2.24, 2.45) is 5.41 Å². The van der Waals surface area contributed by atoms with Gasteiger partial charge < -0.3 is 14.7 Å². The first-order valence-corrected chi connectivity index (χ1v) is 12.9. The van der Waals surface area contributed by atoms with Crippen LogP contribution in [0.25, 0.3) is 10.2 Å². The van der Waals surface area contributed by atoms with E-state index in [-0.39, 0.29) is 12.5 Å². The smallest absolute Gasteiger partial charge is 0.324 e. The van der Waals surface area contributed by atoms with Gasteiger partial charge in [-0.25, -0.2) is 9.97 Å². The van der Waals surface area contributed by atoms with Gasteiger partial charge in [0.1, 0.15) is 10.7 Å². The number of aromatic nitrogens is 2. The number of esters is 1. The number of piperidine rings is 1. The number of amides is 1. The van der Waals surface area contributed by atoms with Gasteiger partial charge in [0.15, 0.2) is 5.92 Å². The van der Waals surface area contributed by atoms with Gasteiger partial charge in [-0.3, -0.25) is 9.59 Å². The summed E-state index contributed by atoms with van der Waals surface area (Å²) >= 11 is 1.66. The van der Waals surface area contributed by atoms with Crippen molar-refractivity contribution in [1.29, 1.82) is 0 Å². The molecular formula is C25H35N3O4S. The van der Waals surface area contributed by atoms with Crippen LogP contribution in [0.1, 0.15) is 87.5 Å². The quantitative estimate of drug-likeness (QED) is 0.514. The molecule has 1 amide bonds. The van der Waals surface area contributed by atoms with Gasteiger partial charge >= 0.3 is 5.97 Å². The van der Waals surface area contributed by atoms with Gasteiger partial charge in [0.25, 0.3) is 0 Å². The van der Waals surface area contributed by atoms with Crippen LogP contribution >= 0.6 is 11.3 Å². The predicted octanol–water partition coefficient (Wildman–Crippen LogP) is 4.31. The minimum absolute atomic E-state index is 0.196. The molecule has 3 heterocycles. The number of fused-ring (bicyclic) bond motifs is 1. The molecule has 0 spiro atoms. The van der Waals surface area contributed by atoms with Gasteiger partial charge in [-0.05, 0) is 69.8 Å². The lowest BCUT2D eigenvalue weighted by Crippen LogP contribution is -2.44. The van der Waals surface area contributed by atoms with Crippen LogP contribution in [-0.4, -0.2) is 57.7 Å². The number of likely N-dealkylation sites (tertiary alicyclic amines) is 1. The zero-order valence-corrected chi connectivity index (χ0v) is 20.9. The van der Waals surface area contributed by atoms with Gasteiger partial charge in [0, 0.05) is 23.4 Å². The Hall–Kier alpha value is -2.06. The Labute approximate surface area is 199 Å². The zero-order valence-electron chi connectivity index (χ0n) is 20.1. The normalized spacial score (nSPS) is 20.7. The number of thiophene rings is 1. The maximum absolute atomic E-state index is 13.5. The van der Waals surface area contributed by atoms with Crippen LogP contribution in [-0.2, 0) is 14.3 Å². The Kier molecular flexibility index (Phi) is 7.05. The number of ether oxygens (including phenoxy) is 1. The molecule has 2 fully saturated rings. The SMILES string of the molecule is CCOC(=O)C(C(=O)N1CCC(O)CC1)c1nc(C)nc2sc(C3CCC(C)(C)CC3)cc12. The molecule has 4 rings (SSSR count). The number of nitrogens with zero attached hydrogens (tertiary/aromatic N) is 3. The highest BCUT2D eigenvalue weighted by atomic mass is 32.1. The van der Waals surface area contributed by atoms with E-state index in [4.69, 9.17) is 4.74 Å². The van der Waals surface area contributed by atoms with E-state index < -0.39 is 18.0 Å². The Morgan fingerprint density at radius 1 is 1.21 bits per heavy atom. The highest BCUT2D eigenvalue weighted by Gasteiger charge is 2.38. The fourth-order valence-corrected chi connectivity index (χ4v) is 6.26. The predicted molar refractivity (Wildman–Crippen MR) is 128 cm³/mol. The second-order valence-corrected chi connectivity index (χ2v) is 11.3. The number of rotatable bonds is 5. The fourth-order valence-electron chi connectivity index (χ4n) is 5.00. The van der Waals surface area contributed by atoms with Crippen molar-refractivity contribution in [3.05, 3.63) is 22.5 Å². The molecule has 1 N–H and O–H groups in total. The second-order valence-electron chi connectivity index (χ2n) is 10.2. The summed E-state index contributed by atoms with van der Waals surface area (Å²) < 4.78 is 5.33. The summed E-state index contributed by atoms with van der Waals surface area (Å²) in [5.41, 5.74) is 0.837. The van der Waals surface area contributed by atoms with Crippen LogP contribution in [0.3, 0.4) is 0 Å². The highest BCUT2D eigenvalue weighted by Crippen LogP contribution is 2.45. The Morgan fingerprint density at radius 2 is 1.88 bits per heavy atom. The number of aliphatic hydroxyl groups excluding tert-OH is 1. The Balaban J connectivity index is 1.71. The van der Waals surface area contributed by atoms with Crippen molar-refractivity contribution < 1.29 is 19.4 Å². The average molecular weight is 474 g/mol. The van der Waals surface area contributed by atoms with E-state index in [1.54, 1.807) is 30.1 Å². The minimum Gasteiger partial charge on any atom is -0.465 e. The van der Waals surface area contributed by atoms with Crippen molar-refractivity contribution >= 4 is 33.4 Å². The molecule has 2 aromatic heterocycles. The van der Waals surface area contributed by atoms with Gasteiger partial charge in [0.05, 0.1) is 18.4 Å². The molecule has 1 saturated heterocycles. The summed E-state index contributed by atoms with van der Waals surface area (Å²) in [5.74, 6) is -0.957. The summed E-state index contributed by atoms with van der Waals surface area (Å²) in [4.78, 5) is 39.6. The second kappa shape index (κ2) is 9.66. The van der Waals surface area contributed by atoms with E-state index in [0.717, 1.165) is 23.1 Å². The fraction of sp³-hybridized carbons (Fsp3) is 0.680. The molecule has 1 atom stereocenters. The highest BCUT2D eigenvalue weighted by molar-refractivity contribution is 7.18. The van der Waals surface area contributed by atoms with Crippen LogP contribution in [0, 0.1) is 12.3 Å². The van der Waals surface area contributed by atoms with Crippen molar-refractivity contribution in [3.63, 3.8) is 0 Å². The third kappa shape index (κ3) is 5.22. The zero-order chi connectivity index (χ0) is 23.8. The first kappa shape index (κ1) is 24.1. The van der Waals surface area contributed by atoms with Crippen molar-refractivity contribution in [1.82, 2.24) is 14.9 Å². The number of aryl methyl sites for hydroxylation is 1. The molecule has 7 nitrogen and oxygen atoms in total. The van der Waals surface area contributed by atoms with Crippen LogP contribution in [0.5, 0.6) is 0 Å². The van der Waals surface area contributed by atoms with E-state index in [0.29, 0.717) is 48.8 Å². The van der Waals surface area contributed by atoms with Crippen molar-refractivity contribution in [2.75, 3.05) is 19.7 Å². The first-order chi connectivity index (χ1) is 15.7. The summed E-state index contributed by atoms with van der Waals surface area (Å²) in [6.45, 7) is 9.25. The van der Waals surface area contributed by atoms with E-state index in [2.05, 4.69) is 29.9 Å². The van der Waals surface area contributed by atoms with E-state index in [9.17, 15) is 14.7 Å². The molecule has 1 aliphatic heterocycles. The standard InChI is InChI=1S/C25H35N3O4S/c1-5-32-24(31)20(23(30)28-12-8-17(29)9-13-28)21-18-14-19(33-22(18)27-15(2)26-21)16-6-10-25(3,4)11-7-16/h14,16-17,20,29H,5-13H2,1-4H3. The van der Waals surface area contributed by atoms with Crippen LogP contribution in [0.4, 0.5) is 0 Å². The maximum atomic E-state index is 13.5. The number of hydrogen-bond acceptors (Lipinski definition) is 7. The average Bonchev–Trinajstić information content (AvgIpc) is 3.18. The van der Waals surface area contributed by atoms with Gasteiger partial charge in [-0.15, -0.1) is 11.3 Å². The van der Waals surface area contributed by atoms with Crippen LogP contribution < -0.4 is 0 Å². The molecule has 0 aromatic carbocycles. The van der Waals surface area contributed by atoms with Crippen LogP contribution in [0.15, 0.2) is 6.07 Å². The minimum atomic E-state index is -1.11. The molecule has 2 aromatic rings. The molecule has 8 heteroatoms. The molecule has 2 aliphatic rings. The molecule has 33 heavy (non-hydrogen) atoms. The summed E-state index contributed by atoms with van der Waals surface area (Å²) in [7, 11) is 0. The largest absolute Gasteiger partial charge is 0.465 e. The number of carbonyl (C=O) groups excluding carboxylic acids is 2. The summed E-state index contributed by atoms with van der Waals surface area (Å²) in [6.07, 6.45) is 5.28. The third-order valence-corrected chi connectivity index (χ3v) is 8.30.